The van der Waals surface area contributed by atoms with Gasteiger partial charge in [0.1, 0.15) is 17.5 Å². The largest absolute Gasteiger partial charge is 0.310 e. The van der Waals surface area contributed by atoms with Crippen molar-refractivity contribution >= 4 is 15.9 Å². The first-order chi connectivity index (χ1) is 10.0. The van der Waals surface area contributed by atoms with E-state index in [1.54, 1.807) is 12.1 Å². The van der Waals surface area contributed by atoms with Gasteiger partial charge in [0.15, 0.2) is 0 Å². The predicted octanol–water partition coefficient (Wildman–Crippen LogP) is 4.76. The van der Waals surface area contributed by atoms with Gasteiger partial charge in [0.25, 0.3) is 0 Å². The van der Waals surface area contributed by atoms with Crippen LogP contribution in [0.1, 0.15) is 24.1 Å². The summed E-state index contributed by atoms with van der Waals surface area (Å²) in [6.45, 7) is 2.52. The number of likely N-dealkylation sites (N-methyl/N-ethyl adjacent to an activating group) is 1. The van der Waals surface area contributed by atoms with E-state index in [1.807, 2.05) is 6.92 Å². The van der Waals surface area contributed by atoms with Crippen LogP contribution in [0.4, 0.5) is 13.2 Å². The lowest BCUT2D eigenvalue weighted by atomic mass is 9.98. The monoisotopic (exact) mass is 357 g/mol. The summed E-state index contributed by atoms with van der Waals surface area (Å²) in [6, 6.07) is 7.90. The van der Waals surface area contributed by atoms with Gasteiger partial charge in [0.05, 0.1) is 4.47 Å². The van der Waals surface area contributed by atoms with Gasteiger partial charge in [-0.3, -0.25) is 0 Å². The Balaban J connectivity index is 2.33. The van der Waals surface area contributed by atoms with Crippen LogP contribution in [0, 0.1) is 17.5 Å². The first-order valence-corrected chi connectivity index (χ1v) is 7.43. The number of benzene rings is 2. The summed E-state index contributed by atoms with van der Waals surface area (Å²) < 4.78 is 40.9. The normalized spacial score (nSPS) is 12.4. The van der Waals surface area contributed by atoms with Crippen LogP contribution in [0.25, 0.3) is 0 Å². The molecule has 0 aliphatic rings. The van der Waals surface area contributed by atoms with Crippen LogP contribution < -0.4 is 5.32 Å². The molecule has 0 bridgehead atoms. The third-order valence-electron chi connectivity index (χ3n) is 3.24. The number of hydrogen-bond donors (Lipinski definition) is 1. The Hall–Kier alpha value is -1.33. The lowest BCUT2D eigenvalue weighted by Gasteiger charge is -2.20. The molecule has 1 unspecified atom stereocenters. The van der Waals surface area contributed by atoms with Gasteiger partial charge in [-0.15, -0.1) is 0 Å². The number of halogens is 4. The lowest BCUT2D eigenvalue weighted by Crippen LogP contribution is -2.24. The van der Waals surface area contributed by atoms with Crippen molar-refractivity contribution in [3.63, 3.8) is 0 Å². The van der Waals surface area contributed by atoms with E-state index in [1.165, 1.54) is 18.2 Å². The summed E-state index contributed by atoms with van der Waals surface area (Å²) in [7, 11) is 0. The van der Waals surface area contributed by atoms with Crippen LogP contribution in [-0.2, 0) is 6.42 Å². The van der Waals surface area contributed by atoms with Crippen LogP contribution >= 0.6 is 15.9 Å². The number of rotatable bonds is 5. The van der Waals surface area contributed by atoms with E-state index < -0.39 is 11.6 Å². The van der Waals surface area contributed by atoms with E-state index in [2.05, 4.69) is 21.2 Å². The molecule has 0 saturated heterocycles. The average Bonchev–Trinajstić information content (AvgIpc) is 2.43. The molecule has 0 aromatic heterocycles. The molecule has 0 fully saturated rings. The van der Waals surface area contributed by atoms with Crippen LogP contribution in [0.15, 0.2) is 40.9 Å². The average molecular weight is 358 g/mol. The van der Waals surface area contributed by atoms with Gasteiger partial charge < -0.3 is 5.32 Å². The van der Waals surface area contributed by atoms with Gasteiger partial charge in [0.2, 0.25) is 0 Å². The van der Waals surface area contributed by atoms with Crippen LogP contribution in [0.2, 0.25) is 0 Å². The minimum Gasteiger partial charge on any atom is -0.310 e. The molecule has 1 N–H and O–H groups in total. The molecular formula is C16H15BrF3N. The van der Waals surface area contributed by atoms with E-state index in [9.17, 15) is 13.2 Å². The van der Waals surface area contributed by atoms with Crippen molar-refractivity contribution in [2.45, 2.75) is 19.4 Å². The molecule has 0 amide bonds. The van der Waals surface area contributed by atoms with Crippen LogP contribution in [0.5, 0.6) is 0 Å². The second kappa shape index (κ2) is 7.09. The van der Waals surface area contributed by atoms with Gasteiger partial charge >= 0.3 is 0 Å². The molecule has 112 valence electrons. The summed E-state index contributed by atoms with van der Waals surface area (Å²) in [4.78, 5) is 0. The van der Waals surface area contributed by atoms with Gasteiger partial charge in [-0.25, -0.2) is 13.2 Å². The molecule has 0 aliphatic carbocycles. The summed E-state index contributed by atoms with van der Waals surface area (Å²) in [5, 5.41) is 3.15. The van der Waals surface area contributed by atoms with Crippen LogP contribution in [0.3, 0.4) is 0 Å². The molecule has 21 heavy (non-hydrogen) atoms. The van der Waals surface area contributed by atoms with Crippen molar-refractivity contribution in [3.8, 4) is 0 Å². The Morgan fingerprint density at radius 1 is 1.10 bits per heavy atom. The first kappa shape index (κ1) is 16.0. The van der Waals surface area contributed by atoms with Crippen molar-refractivity contribution in [2.24, 2.45) is 0 Å². The Morgan fingerprint density at radius 2 is 1.86 bits per heavy atom. The molecule has 2 aromatic rings. The fourth-order valence-corrected chi connectivity index (χ4v) is 2.67. The van der Waals surface area contributed by atoms with E-state index in [0.29, 0.717) is 23.0 Å². The summed E-state index contributed by atoms with van der Waals surface area (Å²) in [5.74, 6) is -1.57. The highest BCUT2D eigenvalue weighted by molar-refractivity contribution is 9.10. The highest BCUT2D eigenvalue weighted by Gasteiger charge is 2.18. The maximum atomic E-state index is 13.9. The highest BCUT2D eigenvalue weighted by Crippen LogP contribution is 2.27. The maximum Gasteiger partial charge on any atom is 0.137 e. The summed E-state index contributed by atoms with van der Waals surface area (Å²) >= 11 is 3.21. The zero-order valence-corrected chi connectivity index (χ0v) is 13.1. The van der Waals surface area contributed by atoms with Crippen molar-refractivity contribution < 1.29 is 13.2 Å². The van der Waals surface area contributed by atoms with Crippen LogP contribution in [-0.4, -0.2) is 6.54 Å². The van der Waals surface area contributed by atoms with Crippen molar-refractivity contribution in [2.75, 3.05) is 6.54 Å². The zero-order valence-electron chi connectivity index (χ0n) is 11.5. The molecule has 5 heteroatoms. The van der Waals surface area contributed by atoms with Crippen molar-refractivity contribution in [1.82, 2.24) is 5.32 Å². The highest BCUT2D eigenvalue weighted by atomic mass is 79.9. The van der Waals surface area contributed by atoms with E-state index in [-0.39, 0.29) is 11.9 Å². The number of nitrogens with one attached hydrogen (secondary N) is 1. The molecule has 0 aliphatic heterocycles. The standard InChI is InChI=1S/C16H15BrF3N/c1-2-21-15(12-7-6-11(18)9-14(12)20)8-10-4-3-5-13(19)16(10)17/h3-7,9,15,21H,2,8H2,1H3. The molecule has 2 aromatic carbocycles. The third-order valence-corrected chi connectivity index (χ3v) is 4.13. The minimum absolute atomic E-state index is 0.353. The van der Waals surface area contributed by atoms with Gasteiger partial charge in [-0.1, -0.05) is 25.1 Å². The molecule has 2 rings (SSSR count). The molecule has 0 radical (unpaired) electrons. The molecular weight excluding hydrogens is 343 g/mol. The summed E-state index contributed by atoms with van der Waals surface area (Å²) in [6.07, 6.45) is 0.398. The minimum atomic E-state index is -0.613. The molecule has 0 spiro atoms. The van der Waals surface area contributed by atoms with E-state index in [4.69, 9.17) is 0 Å². The predicted molar refractivity (Wildman–Crippen MR) is 80.6 cm³/mol. The lowest BCUT2D eigenvalue weighted by molar-refractivity contribution is 0.500. The molecule has 1 nitrogen and oxygen atoms in total. The smallest absolute Gasteiger partial charge is 0.137 e. The van der Waals surface area contributed by atoms with Gasteiger partial charge in [0, 0.05) is 17.7 Å². The van der Waals surface area contributed by atoms with Crippen molar-refractivity contribution in [3.05, 3.63) is 69.4 Å². The van der Waals surface area contributed by atoms with Gasteiger partial charge in [-0.05, 0) is 46.6 Å². The fraction of sp³-hybridized carbons (Fsp3) is 0.250. The maximum absolute atomic E-state index is 13.9. The second-order valence-corrected chi connectivity index (χ2v) is 5.49. The Morgan fingerprint density at radius 3 is 2.52 bits per heavy atom. The Labute approximate surface area is 130 Å². The number of hydrogen-bond acceptors (Lipinski definition) is 1. The Bertz CT molecular complexity index is 631. The van der Waals surface area contributed by atoms with E-state index >= 15 is 0 Å². The third kappa shape index (κ3) is 3.86. The van der Waals surface area contributed by atoms with Crippen molar-refractivity contribution in [1.29, 1.82) is 0 Å². The molecule has 0 saturated carbocycles. The fourth-order valence-electron chi connectivity index (χ4n) is 2.25. The second-order valence-electron chi connectivity index (χ2n) is 4.69. The molecule has 1 atom stereocenters. The summed E-state index contributed by atoms with van der Waals surface area (Å²) in [5.41, 5.74) is 1.10. The van der Waals surface area contributed by atoms with Gasteiger partial charge in [-0.2, -0.15) is 0 Å². The molecule has 0 heterocycles. The Kier molecular flexibility index (Phi) is 5.42. The topological polar surface area (TPSA) is 12.0 Å². The van der Waals surface area contributed by atoms with E-state index in [0.717, 1.165) is 11.6 Å². The quantitative estimate of drug-likeness (QED) is 0.813. The zero-order chi connectivity index (χ0) is 15.4. The first-order valence-electron chi connectivity index (χ1n) is 6.64. The SMILES string of the molecule is CCNC(Cc1cccc(F)c1Br)c1ccc(F)cc1F.